The zero-order chi connectivity index (χ0) is 22.2. The van der Waals surface area contributed by atoms with Gasteiger partial charge in [-0.15, -0.1) is 10.2 Å². The normalized spacial score (nSPS) is 21.6. The first-order valence-electron chi connectivity index (χ1n) is 10.9. The molecule has 1 saturated heterocycles. The predicted molar refractivity (Wildman–Crippen MR) is 108 cm³/mol. The number of aromatic nitrogens is 2. The van der Waals surface area contributed by atoms with Gasteiger partial charge in [-0.05, 0) is 30.5 Å². The van der Waals surface area contributed by atoms with E-state index in [4.69, 9.17) is 9.15 Å². The van der Waals surface area contributed by atoms with Gasteiger partial charge in [-0.3, -0.25) is 9.59 Å². The number of benzene rings is 1. The molecule has 170 valence electrons. The molecule has 0 unspecified atom stereocenters. The number of amides is 2. The monoisotopic (exact) mass is 446 g/mol. The number of morpholine rings is 1. The Bertz CT molecular complexity index is 1020. The summed E-state index contributed by atoms with van der Waals surface area (Å²) in [6, 6.07) is 4.87. The molecular weight excluding hydrogens is 422 g/mol. The van der Waals surface area contributed by atoms with E-state index in [0.29, 0.717) is 44.0 Å². The highest BCUT2D eigenvalue weighted by Gasteiger charge is 2.37. The van der Waals surface area contributed by atoms with Crippen LogP contribution < -0.4 is 0 Å². The van der Waals surface area contributed by atoms with Gasteiger partial charge in [0.05, 0.1) is 19.3 Å². The van der Waals surface area contributed by atoms with Gasteiger partial charge in [0.15, 0.2) is 0 Å². The molecule has 0 N–H and O–H groups in total. The Morgan fingerprint density at radius 3 is 2.78 bits per heavy atom. The van der Waals surface area contributed by atoms with Crippen LogP contribution in [0.15, 0.2) is 22.6 Å². The zero-order valence-electron chi connectivity index (χ0n) is 17.5. The molecule has 10 heteroatoms. The summed E-state index contributed by atoms with van der Waals surface area (Å²) in [5, 5.41) is 7.00. The Labute approximate surface area is 183 Å². The number of alkyl halides is 2. The minimum atomic E-state index is -2.85. The third-order valence-electron chi connectivity index (χ3n) is 6.51. The molecule has 8 nitrogen and oxygen atoms in total. The molecule has 2 amide bonds. The molecule has 3 aliphatic rings. The van der Waals surface area contributed by atoms with Crippen LogP contribution in [-0.2, 0) is 16.1 Å². The summed E-state index contributed by atoms with van der Waals surface area (Å²) in [6.07, 6.45) is 1.19. The fourth-order valence-corrected chi connectivity index (χ4v) is 4.84. The number of hydrogen-bond donors (Lipinski definition) is 0. The fraction of sp³-hybridized carbons (Fsp3) is 0.545. The van der Waals surface area contributed by atoms with Crippen LogP contribution in [0.4, 0.5) is 8.78 Å². The van der Waals surface area contributed by atoms with Crippen LogP contribution in [0.25, 0.3) is 11.5 Å². The Balaban J connectivity index is 1.31. The lowest BCUT2D eigenvalue weighted by molar-refractivity contribution is -0.144. The van der Waals surface area contributed by atoms with Crippen molar-refractivity contribution in [1.82, 2.24) is 20.0 Å². The quantitative estimate of drug-likeness (QED) is 0.702. The maximum Gasteiger partial charge on any atom is 0.314 e. The Kier molecular flexibility index (Phi) is 5.62. The second-order valence-corrected chi connectivity index (χ2v) is 8.55. The van der Waals surface area contributed by atoms with Crippen molar-refractivity contribution in [2.24, 2.45) is 5.92 Å². The first-order valence-corrected chi connectivity index (χ1v) is 10.9. The van der Waals surface area contributed by atoms with E-state index in [0.717, 1.165) is 31.2 Å². The lowest BCUT2D eigenvalue weighted by Gasteiger charge is -2.39. The van der Waals surface area contributed by atoms with Gasteiger partial charge in [-0.25, -0.2) is 0 Å². The number of fused-ring (bicyclic) bond motifs is 1. The van der Waals surface area contributed by atoms with Crippen molar-refractivity contribution in [2.45, 2.75) is 44.7 Å². The molecule has 1 aliphatic carbocycles. The highest BCUT2D eigenvalue weighted by molar-refractivity contribution is 5.99. The molecule has 2 aromatic rings. The number of hydrogen-bond acceptors (Lipinski definition) is 6. The SMILES string of the molecule is O=C1c2cc(-c3nnc(C(F)F)o3)ccc2CN1C[C@H]1COCCN1C(=O)C1CCCC1. The molecule has 3 heterocycles. The second kappa shape index (κ2) is 8.57. The maximum absolute atomic E-state index is 13.1. The first kappa shape index (κ1) is 21.0. The maximum atomic E-state index is 13.1. The van der Waals surface area contributed by atoms with Crippen molar-refractivity contribution in [3.05, 3.63) is 35.2 Å². The Morgan fingerprint density at radius 1 is 1.22 bits per heavy atom. The molecule has 0 bridgehead atoms. The van der Waals surface area contributed by atoms with Gasteiger partial charge >= 0.3 is 6.43 Å². The van der Waals surface area contributed by atoms with Crippen LogP contribution in [0.1, 0.15) is 53.9 Å². The molecule has 2 fully saturated rings. The van der Waals surface area contributed by atoms with Gasteiger partial charge in [0.25, 0.3) is 11.8 Å². The molecule has 0 radical (unpaired) electrons. The van der Waals surface area contributed by atoms with Gasteiger partial charge in [0, 0.05) is 36.7 Å². The van der Waals surface area contributed by atoms with Crippen LogP contribution >= 0.6 is 0 Å². The largest absolute Gasteiger partial charge is 0.415 e. The molecule has 1 aromatic carbocycles. The van der Waals surface area contributed by atoms with Crippen molar-refractivity contribution >= 4 is 11.8 Å². The average molecular weight is 446 g/mol. The molecular formula is C22H24F2N4O4. The average Bonchev–Trinajstić information content (AvgIpc) is 3.55. The van der Waals surface area contributed by atoms with E-state index in [1.165, 1.54) is 0 Å². The summed E-state index contributed by atoms with van der Waals surface area (Å²) >= 11 is 0. The van der Waals surface area contributed by atoms with E-state index in [1.807, 2.05) is 4.90 Å². The predicted octanol–water partition coefficient (Wildman–Crippen LogP) is 3.05. The van der Waals surface area contributed by atoms with E-state index < -0.39 is 12.3 Å². The molecule has 2 aliphatic heterocycles. The summed E-state index contributed by atoms with van der Waals surface area (Å²) in [5.41, 5.74) is 1.72. The van der Waals surface area contributed by atoms with Crippen LogP contribution in [0, 0.1) is 5.92 Å². The summed E-state index contributed by atoms with van der Waals surface area (Å²) in [6.45, 7) is 2.27. The van der Waals surface area contributed by atoms with E-state index in [1.54, 1.807) is 23.1 Å². The van der Waals surface area contributed by atoms with E-state index in [-0.39, 0.29) is 29.7 Å². The first-order chi connectivity index (χ1) is 15.5. The third-order valence-corrected chi connectivity index (χ3v) is 6.51. The molecule has 1 aromatic heterocycles. The summed E-state index contributed by atoms with van der Waals surface area (Å²) < 4.78 is 36.1. The standard InChI is InChI=1S/C22H24F2N4O4/c23-18(24)20-26-25-19(32-20)14-5-6-15-10-27(22(30)17(15)9-14)11-16-12-31-8-7-28(16)21(29)13-3-1-2-4-13/h5-6,9,13,16,18H,1-4,7-8,10-12H2/t16-/m0/s1. The lowest BCUT2D eigenvalue weighted by Crippen LogP contribution is -2.54. The van der Waals surface area contributed by atoms with Gasteiger partial charge < -0.3 is 19.0 Å². The van der Waals surface area contributed by atoms with Crippen LogP contribution in [-0.4, -0.2) is 64.2 Å². The van der Waals surface area contributed by atoms with E-state index >= 15 is 0 Å². The van der Waals surface area contributed by atoms with E-state index in [9.17, 15) is 18.4 Å². The lowest BCUT2D eigenvalue weighted by atomic mass is 10.0. The minimum Gasteiger partial charge on any atom is -0.415 e. The van der Waals surface area contributed by atoms with Crippen molar-refractivity contribution in [3.63, 3.8) is 0 Å². The number of halogens is 2. The van der Waals surface area contributed by atoms with E-state index in [2.05, 4.69) is 10.2 Å². The summed E-state index contributed by atoms with van der Waals surface area (Å²) in [7, 11) is 0. The van der Waals surface area contributed by atoms with Crippen LogP contribution in [0.3, 0.4) is 0 Å². The number of carbonyl (C=O) groups excluding carboxylic acids is 2. The second-order valence-electron chi connectivity index (χ2n) is 8.55. The Hall–Kier alpha value is -2.88. The summed E-state index contributed by atoms with van der Waals surface area (Å²) in [4.78, 5) is 29.7. The molecule has 1 saturated carbocycles. The van der Waals surface area contributed by atoms with Crippen molar-refractivity contribution in [2.75, 3.05) is 26.3 Å². The number of ether oxygens (including phenoxy) is 1. The van der Waals surface area contributed by atoms with Crippen LogP contribution in [0.5, 0.6) is 0 Å². The van der Waals surface area contributed by atoms with Crippen molar-refractivity contribution < 1.29 is 27.5 Å². The molecule has 32 heavy (non-hydrogen) atoms. The topological polar surface area (TPSA) is 88.8 Å². The highest BCUT2D eigenvalue weighted by Crippen LogP contribution is 2.31. The number of carbonyl (C=O) groups is 2. The van der Waals surface area contributed by atoms with Gasteiger partial charge in [-0.2, -0.15) is 8.78 Å². The number of nitrogens with zero attached hydrogens (tertiary/aromatic N) is 4. The van der Waals surface area contributed by atoms with Gasteiger partial charge in [-0.1, -0.05) is 18.9 Å². The van der Waals surface area contributed by atoms with Crippen molar-refractivity contribution in [3.8, 4) is 11.5 Å². The van der Waals surface area contributed by atoms with Crippen LogP contribution in [0.2, 0.25) is 0 Å². The highest BCUT2D eigenvalue weighted by atomic mass is 19.3. The molecule has 1 atom stereocenters. The van der Waals surface area contributed by atoms with Crippen molar-refractivity contribution in [1.29, 1.82) is 0 Å². The minimum absolute atomic E-state index is 0.0524. The molecule has 0 spiro atoms. The fourth-order valence-electron chi connectivity index (χ4n) is 4.84. The van der Waals surface area contributed by atoms with Gasteiger partial charge in [0.1, 0.15) is 0 Å². The van der Waals surface area contributed by atoms with Gasteiger partial charge in [0.2, 0.25) is 11.8 Å². The number of rotatable bonds is 5. The summed E-state index contributed by atoms with van der Waals surface area (Å²) in [5.74, 6) is -0.721. The Morgan fingerprint density at radius 2 is 2.03 bits per heavy atom. The third kappa shape index (κ3) is 3.87. The molecule has 5 rings (SSSR count). The zero-order valence-corrected chi connectivity index (χ0v) is 17.5. The smallest absolute Gasteiger partial charge is 0.314 e.